The topological polar surface area (TPSA) is 73.1 Å². The quantitative estimate of drug-likeness (QED) is 0.793. The molecule has 1 fully saturated rings. The maximum Gasteiger partial charge on any atom is 0.274 e. The van der Waals surface area contributed by atoms with E-state index in [0.717, 1.165) is 5.69 Å². The van der Waals surface area contributed by atoms with Gasteiger partial charge in [0.1, 0.15) is 11.8 Å². The maximum atomic E-state index is 12.3. The molecule has 1 aliphatic heterocycles. The fraction of sp³-hybridized carbons (Fsp3) is 0.385. The Bertz CT molecular complexity index is 598. The number of morpholine rings is 1. The van der Waals surface area contributed by atoms with Gasteiger partial charge in [-0.25, -0.2) is 0 Å². The van der Waals surface area contributed by atoms with Crippen LogP contribution in [0.4, 0.5) is 0 Å². The predicted molar refractivity (Wildman–Crippen MR) is 69.8 cm³/mol. The summed E-state index contributed by atoms with van der Waals surface area (Å²) in [4.78, 5) is 22.3. The van der Waals surface area contributed by atoms with Gasteiger partial charge in [-0.2, -0.15) is 5.10 Å². The first-order valence-corrected chi connectivity index (χ1v) is 6.40. The van der Waals surface area contributed by atoms with Crippen molar-refractivity contribution in [2.45, 2.75) is 6.10 Å². The molecule has 2 aromatic rings. The number of carbonyl (C=O) groups is 1. The van der Waals surface area contributed by atoms with Crippen LogP contribution in [-0.4, -0.2) is 50.3 Å². The normalized spacial score (nSPS) is 19.1. The van der Waals surface area contributed by atoms with Crippen LogP contribution in [-0.2, 0) is 11.8 Å². The van der Waals surface area contributed by atoms with Crippen molar-refractivity contribution in [2.75, 3.05) is 19.7 Å². The van der Waals surface area contributed by atoms with Crippen LogP contribution in [0.1, 0.15) is 22.3 Å². The molecule has 0 N–H and O–H groups in total. The van der Waals surface area contributed by atoms with Gasteiger partial charge in [0.15, 0.2) is 0 Å². The van der Waals surface area contributed by atoms with E-state index in [1.54, 1.807) is 47.5 Å². The third-order valence-corrected chi connectivity index (χ3v) is 3.20. The van der Waals surface area contributed by atoms with Crippen molar-refractivity contribution in [1.82, 2.24) is 24.6 Å². The molecule has 1 atom stereocenters. The first-order valence-electron chi connectivity index (χ1n) is 6.40. The molecule has 1 amide bonds. The van der Waals surface area contributed by atoms with E-state index in [2.05, 4.69) is 15.1 Å². The minimum absolute atomic E-state index is 0.0807. The van der Waals surface area contributed by atoms with Crippen LogP contribution in [0.25, 0.3) is 0 Å². The molecule has 3 rings (SSSR count). The third kappa shape index (κ3) is 2.53. The Morgan fingerprint density at radius 1 is 1.45 bits per heavy atom. The summed E-state index contributed by atoms with van der Waals surface area (Å²) in [5.74, 6) is -0.0807. The van der Waals surface area contributed by atoms with E-state index in [4.69, 9.17) is 4.74 Å². The van der Waals surface area contributed by atoms with Gasteiger partial charge in [0, 0.05) is 32.2 Å². The molecule has 0 aliphatic carbocycles. The summed E-state index contributed by atoms with van der Waals surface area (Å²) in [7, 11) is 1.79. The summed E-state index contributed by atoms with van der Waals surface area (Å²) in [6.45, 7) is 1.51. The van der Waals surface area contributed by atoms with Gasteiger partial charge in [-0.1, -0.05) is 0 Å². The van der Waals surface area contributed by atoms with Gasteiger partial charge in [0.2, 0.25) is 0 Å². The lowest BCUT2D eigenvalue weighted by atomic mass is 10.2. The lowest BCUT2D eigenvalue weighted by molar-refractivity contribution is -0.0251. The summed E-state index contributed by atoms with van der Waals surface area (Å²) < 4.78 is 7.28. The number of aromatic nitrogens is 4. The average molecular weight is 273 g/mol. The van der Waals surface area contributed by atoms with E-state index in [0.29, 0.717) is 25.4 Å². The Labute approximate surface area is 116 Å². The molecule has 0 aromatic carbocycles. The Morgan fingerprint density at radius 2 is 2.35 bits per heavy atom. The van der Waals surface area contributed by atoms with Crippen LogP contribution >= 0.6 is 0 Å². The fourth-order valence-electron chi connectivity index (χ4n) is 2.18. The Balaban J connectivity index is 1.74. The highest BCUT2D eigenvalue weighted by Crippen LogP contribution is 2.20. The van der Waals surface area contributed by atoms with E-state index < -0.39 is 0 Å². The molecule has 0 bridgehead atoms. The van der Waals surface area contributed by atoms with Gasteiger partial charge in [0.05, 0.1) is 25.0 Å². The van der Waals surface area contributed by atoms with Gasteiger partial charge in [0.25, 0.3) is 5.91 Å². The van der Waals surface area contributed by atoms with Crippen LogP contribution in [0.3, 0.4) is 0 Å². The van der Waals surface area contributed by atoms with E-state index in [1.807, 2.05) is 0 Å². The highest BCUT2D eigenvalue weighted by atomic mass is 16.5. The van der Waals surface area contributed by atoms with Gasteiger partial charge in [-0.05, 0) is 6.07 Å². The lowest BCUT2D eigenvalue weighted by Crippen LogP contribution is -2.42. The van der Waals surface area contributed by atoms with E-state index in [9.17, 15) is 4.79 Å². The summed E-state index contributed by atoms with van der Waals surface area (Å²) >= 11 is 0. The highest BCUT2D eigenvalue weighted by Gasteiger charge is 2.27. The number of hydrogen-bond acceptors (Lipinski definition) is 5. The van der Waals surface area contributed by atoms with E-state index in [1.165, 1.54) is 0 Å². The summed E-state index contributed by atoms with van der Waals surface area (Å²) in [6.07, 6.45) is 6.43. The van der Waals surface area contributed by atoms with Gasteiger partial charge in [-0.3, -0.25) is 19.4 Å². The van der Waals surface area contributed by atoms with Crippen molar-refractivity contribution in [3.8, 4) is 0 Å². The molecule has 7 heteroatoms. The smallest absolute Gasteiger partial charge is 0.274 e. The van der Waals surface area contributed by atoms with Crippen molar-refractivity contribution < 1.29 is 9.53 Å². The number of carbonyl (C=O) groups excluding carboxylic acids is 1. The molecular weight excluding hydrogens is 258 g/mol. The zero-order valence-corrected chi connectivity index (χ0v) is 11.1. The first-order chi connectivity index (χ1) is 9.74. The molecule has 0 saturated carbocycles. The van der Waals surface area contributed by atoms with Gasteiger partial charge < -0.3 is 9.64 Å². The van der Waals surface area contributed by atoms with Crippen LogP contribution in [0.5, 0.6) is 0 Å². The fourth-order valence-corrected chi connectivity index (χ4v) is 2.18. The Kier molecular flexibility index (Phi) is 3.42. The molecule has 0 unspecified atom stereocenters. The second-order valence-electron chi connectivity index (χ2n) is 4.62. The van der Waals surface area contributed by atoms with Gasteiger partial charge in [-0.15, -0.1) is 0 Å². The first kappa shape index (κ1) is 12.7. The number of hydrogen-bond donors (Lipinski definition) is 0. The molecule has 7 nitrogen and oxygen atoms in total. The Hall–Kier alpha value is -2.28. The number of aryl methyl sites for hydroxylation is 1. The monoisotopic (exact) mass is 273 g/mol. The van der Waals surface area contributed by atoms with Crippen molar-refractivity contribution in [2.24, 2.45) is 7.05 Å². The third-order valence-electron chi connectivity index (χ3n) is 3.20. The minimum Gasteiger partial charge on any atom is -0.368 e. The summed E-state index contributed by atoms with van der Waals surface area (Å²) in [5, 5.41) is 4.14. The average Bonchev–Trinajstić information content (AvgIpc) is 2.94. The molecule has 2 aromatic heterocycles. The minimum atomic E-state index is -0.231. The number of nitrogens with zero attached hydrogens (tertiary/aromatic N) is 5. The summed E-state index contributed by atoms with van der Waals surface area (Å²) in [6, 6.07) is 1.72. The van der Waals surface area contributed by atoms with Crippen LogP contribution in [0, 0.1) is 0 Å². The van der Waals surface area contributed by atoms with Crippen molar-refractivity contribution in [1.29, 1.82) is 0 Å². The molecular formula is C13H15N5O2. The zero-order chi connectivity index (χ0) is 13.9. The maximum absolute atomic E-state index is 12.3. The van der Waals surface area contributed by atoms with Crippen LogP contribution in [0.2, 0.25) is 0 Å². The van der Waals surface area contributed by atoms with Crippen molar-refractivity contribution in [3.63, 3.8) is 0 Å². The van der Waals surface area contributed by atoms with Crippen molar-refractivity contribution in [3.05, 3.63) is 42.2 Å². The highest BCUT2D eigenvalue weighted by molar-refractivity contribution is 5.92. The van der Waals surface area contributed by atoms with Crippen LogP contribution in [0.15, 0.2) is 30.9 Å². The van der Waals surface area contributed by atoms with Crippen molar-refractivity contribution >= 4 is 5.91 Å². The second kappa shape index (κ2) is 5.38. The molecule has 104 valence electrons. The molecule has 1 aliphatic rings. The largest absolute Gasteiger partial charge is 0.368 e. The van der Waals surface area contributed by atoms with E-state index in [-0.39, 0.29) is 12.0 Å². The molecule has 0 spiro atoms. The molecule has 3 heterocycles. The number of rotatable bonds is 2. The molecule has 0 radical (unpaired) electrons. The van der Waals surface area contributed by atoms with E-state index >= 15 is 0 Å². The van der Waals surface area contributed by atoms with Gasteiger partial charge >= 0.3 is 0 Å². The second-order valence-corrected chi connectivity index (χ2v) is 4.62. The predicted octanol–water partition coefficient (Wildman–Crippen LogP) is 0.424. The molecule has 20 heavy (non-hydrogen) atoms. The zero-order valence-electron chi connectivity index (χ0n) is 11.1. The lowest BCUT2D eigenvalue weighted by Gasteiger charge is -2.32. The summed E-state index contributed by atoms with van der Waals surface area (Å²) in [5.41, 5.74) is 1.19. The Morgan fingerprint density at radius 3 is 3.05 bits per heavy atom. The molecule has 1 saturated heterocycles. The standard InChI is InChI=1S/C13H15N5O2/c1-17-5-2-10(16-17)13(19)18-6-7-20-12(9-18)11-8-14-3-4-15-11/h2-5,8,12H,6-7,9H2,1H3/t12-/m1/s1. The number of ether oxygens (including phenoxy) is 1. The van der Waals surface area contributed by atoms with Crippen LogP contribution < -0.4 is 0 Å². The SMILES string of the molecule is Cn1ccc(C(=O)N2CCO[C@@H](c3cnccn3)C2)n1. The number of amides is 1.